The fraction of sp³-hybridized carbons (Fsp3) is 0. The second-order valence-electron chi connectivity index (χ2n) is 10.6. The molecule has 0 radical (unpaired) electrons. The summed E-state index contributed by atoms with van der Waals surface area (Å²) in [5.74, 6) is 0.406. The van der Waals surface area contributed by atoms with Crippen molar-refractivity contribution in [2.45, 2.75) is 0 Å². The molecule has 0 atom stereocenters. The van der Waals surface area contributed by atoms with Gasteiger partial charge in [0.2, 0.25) is 5.89 Å². The lowest BCUT2D eigenvalue weighted by Gasteiger charge is -2.13. The highest BCUT2D eigenvalue weighted by molar-refractivity contribution is 6.06. The van der Waals surface area contributed by atoms with E-state index in [0.717, 1.165) is 44.3 Å². The van der Waals surface area contributed by atoms with Crippen LogP contribution in [0.1, 0.15) is 0 Å². The van der Waals surface area contributed by atoms with E-state index in [1.54, 1.807) is 0 Å². The molecule has 0 aliphatic heterocycles. The summed E-state index contributed by atoms with van der Waals surface area (Å²) in [7, 11) is 0. The molecular formula is C39H24FNO. The first-order valence-electron chi connectivity index (χ1n) is 14.0. The summed E-state index contributed by atoms with van der Waals surface area (Å²) >= 11 is 0. The zero-order chi connectivity index (χ0) is 28.0. The van der Waals surface area contributed by atoms with Crippen molar-refractivity contribution in [1.29, 1.82) is 0 Å². The average Bonchev–Trinajstić information content (AvgIpc) is 3.49. The third-order valence-corrected chi connectivity index (χ3v) is 7.99. The van der Waals surface area contributed by atoms with Crippen LogP contribution in [0.4, 0.5) is 4.39 Å². The summed E-state index contributed by atoms with van der Waals surface area (Å²) in [5, 5.41) is 4.70. The molecule has 0 saturated carbocycles. The highest BCUT2D eigenvalue weighted by Crippen LogP contribution is 2.37. The number of aromatic nitrogens is 1. The van der Waals surface area contributed by atoms with Crippen LogP contribution in [0.15, 0.2) is 150 Å². The number of halogens is 1. The van der Waals surface area contributed by atoms with Gasteiger partial charge in [-0.3, -0.25) is 0 Å². The maximum absolute atomic E-state index is 13.6. The van der Waals surface area contributed by atoms with E-state index in [1.165, 1.54) is 39.4 Å². The Balaban J connectivity index is 1.13. The second kappa shape index (κ2) is 9.83. The van der Waals surface area contributed by atoms with Crippen molar-refractivity contribution in [3.63, 3.8) is 0 Å². The Morgan fingerprint density at radius 2 is 1.00 bits per heavy atom. The van der Waals surface area contributed by atoms with Crippen LogP contribution in [-0.2, 0) is 0 Å². The minimum atomic E-state index is -0.226. The first-order chi connectivity index (χ1) is 20.7. The fourth-order valence-electron chi connectivity index (χ4n) is 5.83. The molecule has 2 nitrogen and oxygen atoms in total. The highest BCUT2D eigenvalue weighted by atomic mass is 19.1. The van der Waals surface area contributed by atoms with E-state index in [4.69, 9.17) is 4.42 Å². The molecule has 0 unspecified atom stereocenters. The largest absolute Gasteiger partial charge is 0.436 e. The maximum Gasteiger partial charge on any atom is 0.227 e. The summed E-state index contributed by atoms with van der Waals surface area (Å²) < 4.78 is 19.5. The van der Waals surface area contributed by atoms with Gasteiger partial charge in [-0.15, -0.1) is 0 Å². The Bertz CT molecular complexity index is 2210. The maximum atomic E-state index is 13.6. The van der Waals surface area contributed by atoms with Gasteiger partial charge in [0.25, 0.3) is 0 Å². The van der Waals surface area contributed by atoms with Crippen LogP contribution in [0, 0.1) is 5.82 Å². The van der Waals surface area contributed by atoms with Crippen molar-refractivity contribution >= 4 is 32.6 Å². The molecular weight excluding hydrogens is 517 g/mol. The second-order valence-corrected chi connectivity index (χ2v) is 10.6. The fourth-order valence-corrected chi connectivity index (χ4v) is 5.83. The zero-order valence-corrected chi connectivity index (χ0v) is 22.6. The molecule has 0 aliphatic carbocycles. The first kappa shape index (κ1) is 24.3. The van der Waals surface area contributed by atoms with Crippen LogP contribution >= 0.6 is 0 Å². The van der Waals surface area contributed by atoms with Gasteiger partial charge < -0.3 is 4.42 Å². The van der Waals surface area contributed by atoms with Crippen LogP contribution in [-0.4, -0.2) is 4.98 Å². The van der Waals surface area contributed by atoms with Gasteiger partial charge >= 0.3 is 0 Å². The predicted octanol–water partition coefficient (Wildman–Crippen LogP) is 10.9. The lowest BCUT2D eigenvalue weighted by Crippen LogP contribution is -1.87. The van der Waals surface area contributed by atoms with E-state index in [-0.39, 0.29) is 5.82 Å². The molecule has 3 heteroatoms. The van der Waals surface area contributed by atoms with Gasteiger partial charge in [0.15, 0.2) is 5.58 Å². The lowest BCUT2D eigenvalue weighted by molar-refractivity contribution is 0.620. The molecule has 8 rings (SSSR count). The van der Waals surface area contributed by atoms with Gasteiger partial charge in [-0.1, -0.05) is 97.1 Å². The molecule has 198 valence electrons. The average molecular weight is 542 g/mol. The minimum absolute atomic E-state index is 0.226. The summed E-state index contributed by atoms with van der Waals surface area (Å²) in [5.41, 5.74) is 9.37. The quantitative estimate of drug-likeness (QED) is 0.221. The standard InChI is InChI=1S/C39H24FNO/c40-32-19-17-26(18-20-32)33-21-22-34(36-6-2-1-5-35(33)36)31-16-15-29-23-28(13-14-30(29)24-31)25-9-11-27(12-10-25)39-41-37-7-3-4-8-38(37)42-39/h1-24H. The highest BCUT2D eigenvalue weighted by Gasteiger charge is 2.11. The third-order valence-electron chi connectivity index (χ3n) is 7.99. The molecule has 8 aromatic rings. The van der Waals surface area contributed by atoms with Gasteiger partial charge in [0, 0.05) is 5.56 Å². The molecule has 0 bridgehead atoms. The number of nitrogens with zero attached hydrogens (tertiary/aromatic N) is 1. The van der Waals surface area contributed by atoms with Crippen molar-refractivity contribution < 1.29 is 8.81 Å². The SMILES string of the molecule is Fc1ccc(-c2ccc(-c3ccc4cc(-c5ccc(-c6nc7ccccc7o6)cc5)ccc4c3)c3ccccc23)cc1. The number of oxazole rings is 1. The predicted molar refractivity (Wildman–Crippen MR) is 171 cm³/mol. The smallest absolute Gasteiger partial charge is 0.227 e. The number of hydrogen-bond donors (Lipinski definition) is 0. The van der Waals surface area contributed by atoms with Crippen molar-refractivity contribution in [2.75, 3.05) is 0 Å². The van der Waals surface area contributed by atoms with Crippen LogP contribution in [0.3, 0.4) is 0 Å². The van der Waals surface area contributed by atoms with Crippen LogP contribution in [0.5, 0.6) is 0 Å². The van der Waals surface area contributed by atoms with E-state index in [1.807, 2.05) is 36.4 Å². The third kappa shape index (κ3) is 4.23. The Kier molecular flexibility index (Phi) is 5.68. The molecule has 0 amide bonds. The van der Waals surface area contributed by atoms with Gasteiger partial charge in [0.1, 0.15) is 11.3 Å². The Hall–Kier alpha value is -5.54. The Morgan fingerprint density at radius 1 is 0.452 bits per heavy atom. The molecule has 1 heterocycles. The van der Waals surface area contributed by atoms with Crippen LogP contribution in [0.25, 0.3) is 77.5 Å². The van der Waals surface area contributed by atoms with E-state index < -0.39 is 0 Å². The van der Waals surface area contributed by atoms with Crippen LogP contribution < -0.4 is 0 Å². The number of fused-ring (bicyclic) bond motifs is 3. The molecule has 42 heavy (non-hydrogen) atoms. The topological polar surface area (TPSA) is 26.0 Å². The molecule has 0 fully saturated rings. The van der Waals surface area contributed by atoms with E-state index in [2.05, 4.69) is 102 Å². The Morgan fingerprint density at radius 3 is 1.71 bits per heavy atom. The number of hydrogen-bond acceptors (Lipinski definition) is 2. The molecule has 7 aromatic carbocycles. The van der Waals surface area contributed by atoms with Crippen molar-refractivity contribution in [3.05, 3.63) is 151 Å². The van der Waals surface area contributed by atoms with Crippen molar-refractivity contribution in [2.24, 2.45) is 0 Å². The molecule has 0 spiro atoms. The van der Waals surface area contributed by atoms with Gasteiger partial charge in [-0.2, -0.15) is 0 Å². The number of benzene rings is 7. The van der Waals surface area contributed by atoms with Gasteiger partial charge in [0.05, 0.1) is 0 Å². The number of rotatable bonds is 4. The monoisotopic (exact) mass is 541 g/mol. The summed E-state index contributed by atoms with van der Waals surface area (Å²) in [6.07, 6.45) is 0. The molecule has 0 saturated heterocycles. The molecule has 0 N–H and O–H groups in total. The normalized spacial score (nSPS) is 11.5. The van der Waals surface area contributed by atoms with Gasteiger partial charge in [-0.25, -0.2) is 9.37 Å². The van der Waals surface area contributed by atoms with E-state index >= 15 is 0 Å². The van der Waals surface area contributed by atoms with Crippen molar-refractivity contribution in [3.8, 4) is 44.8 Å². The summed E-state index contributed by atoms with van der Waals surface area (Å²) in [6, 6.07) is 48.9. The summed E-state index contributed by atoms with van der Waals surface area (Å²) in [6.45, 7) is 0. The van der Waals surface area contributed by atoms with Gasteiger partial charge in [-0.05, 0) is 103 Å². The first-order valence-corrected chi connectivity index (χ1v) is 14.0. The minimum Gasteiger partial charge on any atom is -0.436 e. The summed E-state index contributed by atoms with van der Waals surface area (Å²) in [4.78, 5) is 4.62. The number of para-hydroxylation sites is 2. The molecule has 0 aliphatic rings. The van der Waals surface area contributed by atoms with E-state index in [9.17, 15) is 4.39 Å². The molecule has 1 aromatic heterocycles. The Labute approximate surface area is 242 Å². The lowest BCUT2D eigenvalue weighted by atomic mass is 9.91. The zero-order valence-electron chi connectivity index (χ0n) is 22.6. The van der Waals surface area contributed by atoms with Crippen molar-refractivity contribution in [1.82, 2.24) is 4.98 Å². The van der Waals surface area contributed by atoms with Crippen LogP contribution in [0.2, 0.25) is 0 Å². The van der Waals surface area contributed by atoms with E-state index in [0.29, 0.717) is 5.89 Å².